The van der Waals surface area contributed by atoms with E-state index in [0.717, 1.165) is 12.8 Å². The van der Waals surface area contributed by atoms with Crippen LogP contribution in [-0.2, 0) is 19.9 Å². The molecule has 7 nitrogen and oxygen atoms in total. The summed E-state index contributed by atoms with van der Waals surface area (Å²) in [5.74, 6) is -0.0532. The summed E-state index contributed by atoms with van der Waals surface area (Å²) in [4.78, 5) is 12.8. The molecule has 1 amide bonds. The Morgan fingerprint density at radius 3 is 2.50 bits per heavy atom. The first-order chi connectivity index (χ1) is 12.9. The third-order valence-electron chi connectivity index (χ3n) is 5.47. The second-order valence-corrected chi connectivity index (χ2v) is 13.0. The molecule has 2 saturated heterocycles. The van der Waals surface area contributed by atoms with Crippen molar-refractivity contribution in [1.82, 2.24) is 9.62 Å². The molecule has 0 radical (unpaired) electrons. The van der Waals surface area contributed by atoms with Gasteiger partial charge in [-0.2, -0.15) is 4.31 Å². The molecule has 28 heavy (non-hydrogen) atoms. The molecule has 156 valence electrons. The van der Waals surface area contributed by atoms with E-state index in [1.165, 1.54) is 16.4 Å². The predicted octanol–water partition coefficient (Wildman–Crippen LogP) is 2.18. The summed E-state index contributed by atoms with van der Waals surface area (Å²) in [6.45, 7) is 4.72. The number of hydrogen-bond donors (Lipinski definition) is 1. The number of halogens is 1. The number of amides is 1. The van der Waals surface area contributed by atoms with Crippen molar-refractivity contribution in [2.24, 2.45) is 5.92 Å². The van der Waals surface area contributed by atoms with Crippen LogP contribution in [0.1, 0.15) is 43.5 Å². The summed E-state index contributed by atoms with van der Waals surface area (Å²) in [5, 5.41) is 2.77. The van der Waals surface area contributed by atoms with Gasteiger partial charge < -0.3 is 5.32 Å². The van der Waals surface area contributed by atoms with Gasteiger partial charge in [0, 0.05) is 23.1 Å². The van der Waals surface area contributed by atoms with Crippen LogP contribution in [0, 0.1) is 5.92 Å². The minimum atomic E-state index is -3.72. The Morgan fingerprint density at radius 2 is 1.93 bits per heavy atom. The Labute approximate surface area is 175 Å². The first kappa shape index (κ1) is 21.7. The van der Waals surface area contributed by atoms with E-state index < -0.39 is 31.3 Å². The van der Waals surface area contributed by atoms with E-state index in [9.17, 15) is 21.6 Å². The molecule has 0 aliphatic carbocycles. The Hall–Kier alpha value is -0.970. The number of rotatable bonds is 4. The minimum absolute atomic E-state index is 0.0388. The van der Waals surface area contributed by atoms with Crippen molar-refractivity contribution >= 4 is 41.7 Å². The van der Waals surface area contributed by atoms with Crippen molar-refractivity contribution < 1.29 is 21.6 Å². The molecule has 0 bridgehead atoms. The maximum absolute atomic E-state index is 13.1. The quantitative estimate of drug-likeness (QED) is 0.693. The monoisotopic (exact) mass is 492 g/mol. The van der Waals surface area contributed by atoms with Gasteiger partial charge in [-0.15, -0.1) is 0 Å². The van der Waals surface area contributed by atoms with Gasteiger partial charge in [-0.3, -0.25) is 4.79 Å². The molecule has 10 heteroatoms. The van der Waals surface area contributed by atoms with Gasteiger partial charge in [0.15, 0.2) is 9.84 Å². The number of nitrogens with one attached hydrogen (secondary N) is 1. The lowest BCUT2D eigenvalue weighted by molar-refractivity contribution is 0.0915. The molecule has 0 aromatic heterocycles. The molecular formula is C18H25BrN2O5S2. The summed E-state index contributed by atoms with van der Waals surface area (Å²) >= 11 is 3.29. The summed E-state index contributed by atoms with van der Waals surface area (Å²) in [6, 6.07) is 4.44. The van der Waals surface area contributed by atoms with Gasteiger partial charge in [0.2, 0.25) is 10.0 Å². The fourth-order valence-electron chi connectivity index (χ4n) is 3.66. The number of hydrogen-bond acceptors (Lipinski definition) is 5. The molecule has 2 fully saturated rings. The maximum atomic E-state index is 13.1. The fourth-order valence-corrected chi connectivity index (χ4v) is 8.18. The molecule has 1 aromatic rings. The molecular weight excluding hydrogens is 468 g/mol. The maximum Gasteiger partial charge on any atom is 0.251 e. The standard InChI is InChI=1S/C18H25BrN2O5S2/c1-13-5-8-21(9-6-13)28(25,26)16-11-14(3-4-15(16)19)17(22)20-18(2)7-10-27(23,24)12-18/h3-4,11,13H,5-10,12H2,1-2H3,(H,20,22)/t18-/m1/s1. The lowest BCUT2D eigenvalue weighted by Gasteiger charge is -2.30. The first-order valence-electron chi connectivity index (χ1n) is 9.25. The van der Waals surface area contributed by atoms with E-state index in [2.05, 4.69) is 28.2 Å². The van der Waals surface area contributed by atoms with Crippen LogP contribution >= 0.6 is 15.9 Å². The van der Waals surface area contributed by atoms with Gasteiger partial charge in [-0.1, -0.05) is 6.92 Å². The van der Waals surface area contributed by atoms with Gasteiger partial charge in [-0.25, -0.2) is 16.8 Å². The zero-order valence-electron chi connectivity index (χ0n) is 15.9. The predicted molar refractivity (Wildman–Crippen MR) is 110 cm³/mol. The molecule has 0 spiro atoms. The Balaban J connectivity index is 1.84. The van der Waals surface area contributed by atoms with Crippen LogP contribution < -0.4 is 5.32 Å². The van der Waals surface area contributed by atoms with Crippen LogP contribution in [-0.4, -0.2) is 57.2 Å². The zero-order valence-corrected chi connectivity index (χ0v) is 19.2. The Kier molecular flexibility index (Phi) is 5.97. The number of carbonyl (C=O) groups is 1. The highest BCUT2D eigenvalue weighted by Crippen LogP contribution is 2.30. The average molecular weight is 493 g/mol. The van der Waals surface area contributed by atoms with E-state index in [-0.39, 0.29) is 22.0 Å². The average Bonchev–Trinajstić information content (AvgIpc) is 2.88. The van der Waals surface area contributed by atoms with Gasteiger partial charge in [0.1, 0.15) is 0 Å². The van der Waals surface area contributed by atoms with Gasteiger partial charge >= 0.3 is 0 Å². The second kappa shape index (κ2) is 7.70. The molecule has 2 aliphatic heterocycles. The Morgan fingerprint density at radius 1 is 1.29 bits per heavy atom. The van der Waals surface area contributed by atoms with Crippen molar-refractivity contribution in [3.63, 3.8) is 0 Å². The van der Waals surface area contributed by atoms with Crippen molar-refractivity contribution in [2.75, 3.05) is 24.6 Å². The van der Waals surface area contributed by atoms with Crippen LogP contribution in [0.3, 0.4) is 0 Å². The van der Waals surface area contributed by atoms with Crippen molar-refractivity contribution in [2.45, 2.75) is 43.5 Å². The highest BCUT2D eigenvalue weighted by molar-refractivity contribution is 9.10. The van der Waals surface area contributed by atoms with Crippen molar-refractivity contribution in [1.29, 1.82) is 0 Å². The number of carbonyl (C=O) groups excluding carboxylic acids is 1. The molecule has 1 atom stereocenters. The Bertz CT molecular complexity index is 985. The number of nitrogens with zero attached hydrogens (tertiary/aromatic N) is 1. The molecule has 2 aliphatic rings. The van der Waals surface area contributed by atoms with Crippen LogP contribution in [0.4, 0.5) is 0 Å². The molecule has 2 heterocycles. The normalized spacial score (nSPS) is 26.2. The van der Waals surface area contributed by atoms with E-state index in [1.54, 1.807) is 13.0 Å². The molecule has 0 saturated carbocycles. The third kappa shape index (κ3) is 4.60. The third-order valence-corrected chi connectivity index (χ3v) is 10.3. The number of sulfonamides is 1. The van der Waals surface area contributed by atoms with Crippen LogP contribution in [0.25, 0.3) is 0 Å². The first-order valence-corrected chi connectivity index (χ1v) is 13.3. The van der Waals surface area contributed by atoms with E-state index in [4.69, 9.17) is 0 Å². The van der Waals surface area contributed by atoms with E-state index in [0.29, 0.717) is 29.9 Å². The summed E-state index contributed by atoms with van der Waals surface area (Å²) < 4.78 is 51.5. The number of benzene rings is 1. The van der Waals surface area contributed by atoms with Crippen molar-refractivity contribution in [3.8, 4) is 0 Å². The highest BCUT2D eigenvalue weighted by Gasteiger charge is 2.40. The van der Waals surface area contributed by atoms with Gasteiger partial charge in [-0.05, 0) is 66.2 Å². The smallest absolute Gasteiger partial charge is 0.251 e. The minimum Gasteiger partial charge on any atom is -0.346 e. The summed E-state index contributed by atoms with van der Waals surface area (Å²) in [6.07, 6.45) is 1.96. The SMILES string of the molecule is CC1CCN(S(=O)(=O)c2cc(C(=O)N[C@]3(C)CCS(=O)(=O)C3)ccc2Br)CC1. The number of piperidine rings is 1. The molecule has 1 N–H and O–H groups in total. The van der Waals surface area contributed by atoms with Crippen LogP contribution in [0.5, 0.6) is 0 Å². The largest absolute Gasteiger partial charge is 0.346 e. The molecule has 3 rings (SSSR count). The van der Waals surface area contributed by atoms with Gasteiger partial charge in [0.05, 0.1) is 21.9 Å². The second-order valence-electron chi connectivity index (χ2n) is 8.09. The van der Waals surface area contributed by atoms with Crippen LogP contribution in [0.2, 0.25) is 0 Å². The number of sulfone groups is 1. The lowest BCUT2D eigenvalue weighted by atomic mass is 10.0. The molecule has 1 aromatic carbocycles. The van der Waals surface area contributed by atoms with E-state index >= 15 is 0 Å². The van der Waals surface area contributed by atoms with Gasteiger partial charge in [0.25, 0.3) is 5.91 Å². The summed E-state index contributed by atoms with van der Waals surface area (Å²) in [7, 11) is -6.89. The molecule has 0 unspecified atom stereocenters. The van der Waals surface area contributed by atoms with Crippen molar-refractivity contribution in [3.05, 3.63) is 28.2 Å². The lowest BCUT2D eigenvalue weighted by Crippen LogP contribution is -2.47. The highest BCUT2D eigenvalue weighted by atomic mass is 79.9. The zero-order chi connectivity index (χ0) is 20.7. The summed E-state index contributed by atoms with van der Waals surface area (Å²) in [5.41, 5.74) is -0.650. The van der Waals surface area contributed by atoms with E-state index in [1.807, 2.05) is 0 Å². The topological polar surface area (TPSA) is 101 Å². The fraction of sp³-hybridized carbons (Fsp3) is 0.611. The van der Waals surface area contributed by atoms with Crippen LogP contribution in [0.15, 0.2) is 27.6 Å².